The topological polar surface area (TPSA) is 53.1 Å². The first kappa shape index (κ1) is 17.7. The van der Waals surface area contributed by atoms with E-state index in [4.69, 9.17) is 0 Å². The fraction of sp³-hybridized carbons (Fsp3) is 0.750. The Morgan fingerprint density at radius 3 is 2.33 bits per heavy atom. The molecule has 0 saturated heterocycles. The van der Waals surface area contributed by atoms with Crippen molar-refractivity contribution in [1.29, 1.82) is 0 Å². The van der Waals surface area contributed by atoms with Gasteiger partial charge >= 0.3 is 0 Å². The third-order valence-corrected chi connectivity index (χ3v) is 3.48. The molecule has 0 fully saturated rings. The Labute approximate surface area is 129 Å². The van der Waals surface area contributed by atoms with Gasteiger partial charge in [0.25, 0.3) is 0 Å². The average Bonchev–Trinajstić information content (AvgIpc) is 2.41. The first-order valence-electron chi connectivity index (χ1n) is 7.98. The molecule has 1 rings (SSSR count). The normalized spacial score (nSPS) is 12.8. The Balaban J connectivity index is 3.01. The third-order valence-electron chi connectivity index (χ3n) is 3.48. The lowest BCUT2D eigenvalue weighted by molar-refractivity contribution is 0.344. The molecule has 1 unspecified atom stereocenters. The van der Waals surface area contributed by atoms with E-state index >= 15 is 0 Å². The Hall–Kier alpha value is -1.36. The van der Waals surface area contributed by atoms with Gasteiger partial charge in [-0.05, 0) is 33.4 Å². The van der Waals surface area contributed by atoms with Crippen LogP contribution >= 0.6 is 0 Å². The molecule has 21 heavy (non-hydrogen) atoms. The van der Waals surface area contributed by atoms with E-state index in [2.05, 4.69) is 67.3 Å². The highest BCUT2D eigenvalue weighted by Crippen LogP contribution is 2.23. The number of hydrogen-bond donors (Lipinski definition) is 2. The van der Waals surface area contributed by atoms with Crippen LogP contribution in [0.2, 0.25) is 0 Å². The van der Waals surface area contributed by atoms with Gasteiger partial charge in [-0.2, -0.15) is 0 Å². The summed E-state index contributed by atoms with van der Waals surface area (Å²) in [5, 5.41) is 6.97. The van der Waals surface area contributed by atoms with Crippen LogP contribution in [0.1, 0.15) is 39.7 Å². The van der Waals surface area contributed by atoms with E-state index in [0.717, 1.165) is 37.6 Å². The van der Waals surface area contributed by atoms with Crippen molar-refractivity contribution in [3.05, 3.63) is 11.9 Å². The van der Waals surface area contributed by atoms with Gasteiger partial charge in [0.1, 0.15) is 18.0 Å². The van der Waals surface area contributed by atoms with Crippen molar-refractivity contribution in [3.63, 3.8) is 0 Å². The SMILES string of the molecule is CCCc1c(NCC)ncnc1NC(CN(C)C)C(C)C. The smallest absolute Gasteiger partial charge is 0.134 e. The maximum Gasteiger partial charge on any atom is 0.134 e. The maximum atomic E-state index is 4.49. The molecular formula is C16H31N5. The molecule has 2 N–H and O–H groups in total. The highest BCUT2D eigenvalue weighted by molar-refractivity contribution is 5.57. The van der Waals surface area contributed by atoms with Gasteiger partial charge in [0.15, 0.2) is 0 Å². The number of aromatic nitrogens is 2. The number of likely N-dealkylation sites (N-methyl/N-ethyl adjacent to an activating group) is 1. The number of hydrogen-bond acceptors (Lipinski definition) is 5. The zero-order valence-electron chi connectivity index (χ0n) is 14.4. The van der Waals surface area contributed by atoms with Gasteiger partial charge in [-0.25, -0.2) is 9.97 Å². The summed E-state index contributed by atoms with van der Waals surface area (Å²) >= 11 is 0. The number of rotatable bonds is 9. The van der Waals surface area contributed by atoms with Crippen LogP contribution in [0.3, 0.4) is 0 Å². The van der Waals surface area contributed by atoms with Gasteiger partial charge in [0, 0.05) is 24.7 Å². The second-order valence-corrected chi connectivity index (χ2v) is 6.09. The zero-order valence-corrected chi connectivity index (χ0v) is 14.4. The molecule has 0 aromatic carbocycles. The monoisotopic (exact) mass is 293 g/mol. The molecule has 0 aliphatic carbocycles. The third kappa shape index (κ3) is 5.50. The van der Waals surface area contributed by atoms with Crippen molar-refractivity contribution < 1.29 is 0 Å². The van der Waals surface area contributed by atoms with Crippen LogP contribution in [-0.2, 0) is 6.42 Å². The van der Waals surface area contributed by atoms with Crippen molar-refractivity contribution in [2.75, 3.05) is 37.8 Å². The number of anilines is 2. The van der Waals surface area contributed by atoms with Crippen LogP contribution in [0.4, 0.5) is 11.6 Å². The van der Waals surface area contributed by atoms with Gasteiger partial charge in [0.2, 0.25) is 0 Å². The largest absolute Gasteiger partial charge is 0.370 e. The summed E-state index contributed by atoms with van der Waals surface area (Å²) in [7, 11) is 4.21. The van der Waals surface area contributed by atoms with Crippen LogP contribution < -0.4 is 10.6 Å². The lowest BCUT2D eigenvalue weighted by Crippen LogP contribution is -2.37. The molecule has 1 heterocycles. The molecule has 1 atom stereocenters. The molecule has 5 nitrogen and oxygen atoms in total. The summed E-state index contributed by atoms with van der Waals surface area (Å²) < 4.78 is 0. The molecule has 0 saturated carbocycles. The first-order chi connectivity index (χ1) is 9.99. The predicted molar refractivity (Wildman–Crippen MR) is 91.0 cm³/mol. The molecule has 0 aliphatic heterocycles. The zero-order chi connectivity index (χ0) is 15.8. The number of nitrogens with zero attached hydrogens (tertiary/aromatic N) is 3. The summed E-state index contributed by atoms with van der Waals surface area (Å²) in [4.78, 5) is 11.1. The van der Waals surface area contributed by atoms with Crippen LogP contribution in [0.25, 0.3) is 0 Å². The van der Waals surface area contributed by atoms with Crippen LogP contribution in [0.15, 0.2) is 6.33 Å². The van der Waals surface area contributed by atoms with Gasteiger partial charge in [-0.1, -0.05) is 27.2 Å². The number of nitrogens with one attached hydrogen (secondary N) is 2. The molecule has 0 spiro atoms. The van der Waals surface area contributed by atoms with E-state index in [9.17, 15) is 0 Å². The molecule has 1 aromatic rings. The fourth-order valence-electron chi connectivity index (χ4n) is 2.34. The minimum Gasteiger partial charge on any atom is -0.370 e. The van der Waals surface area contributed by atoms with E-state index in [1.54, 1.807) is 6.33 Å². The van der Waals surface area contributed by atoms with Gasteiger partial charge in [0.05, 0.1) is 0 Å². The van der Waals surface area contributed by atoms with Crippen LogP contribution in [0, 0.1) is 5.92 Å². The van der Waals surface area contributed by atoms with E-state index < -0.39 is 0 Å². The van der Waals surface area contributed by atoms with Gasteiger partial charge in [-0.15, -0.1) is 0 Å². The minimum absolute atomic E-state index is 0.375. The van der Waals surface area contributed by atoms with Crippen molar-refractivity contribution in [1.82, 2.24) is 14.9 Å². The van der Waals surface area contributed by atoms with E-state index in [1.165, 1.54) is 5.56 Å². The maximum absolute atomic E-state index is 4.49. The molecule has 0 aliphatic rings. The molecule has 0 amide bonds. The molecule has 5 heteroatoms. The second kappa shape index (κ2) is 8.82. The van der Waals surface area contributed by atoms with Gasteiger partial charge < -0.3 is 15.5 Å². The van der Waals surface area contributed by atoms with Gasteiger partial charge in [-0.3, -0.25) is 0 Å². The Morgan fingerprint density at radius 1 is 1.14 bits per heavy atom. The Kier molecular flexibility index (Phi) is 7.43. The molecule has 1 aromatic heterocycles. The van der Waals surface area contributed by atoms with E-state index in [0.29, 0.717) is 12.0 Å². The summed E-state index contributed by atoms with van der Waals surface area (Å²) in [6.07, 6.45) is 3.71. The highest BCUT2D eigenvalue weighted by Gasteiger charge is 2.18. The standard InChI is InChI=1S/C16H31N5/c1-7-9-13-15(17-8-2)18-11-19-16(13)20-14(12(3)4)10-21(5)6/h11-12,14H,7-10H2,1-6H3,(H2,17,18,19,20). The summed E-state index contributed by atoms with van der Waals surface area (Å²) in [6.45, 7) is 10.6. The fourth-order valence-corrected chi connectivity index (χ4v) is 2.34. The molecular weight excluding hydrogens is 262 g/mol. The van der Waals surface area contributed by atoms with E-state index in [1.807, 2.05) is 0 Å². The molecule has 0 radical (unpaired) electrons. The van der Waals surface area contributed by atoms with E-state index in [-0.39, 0.29) is 0 Å². The highest BCUT2D eigenvalue weighted by atomic mass is 15.1. The first-order valence-corrected chi connectivity index (χ1v) is 7.98. The summed E-state index contributed by atoms with van der Waals surface area (Å²) in [5.41, 5.74) is 1.20. The summed E-state index contributed by atoms with van der Waals surface area (Å²) in [6, 6.07) is 0.375. The van der Waals surface area contributed by atoms with Crippen molar-refractivity contribution >= 4 is 11.6 Å². The Bertz CT molecular complexity index is 417. The van der Waals surface area contributed by atoms with Crippen LogP contribution in [-0.4, -0.2) is 48.1 Å². The molecule has 120 valence electrons. The Morgan fingerprint density at radius 2 is 1.81 bits per heavy atom. The lowest BCUT2D eigenvalue weighted by atomic mass is 10.0. The molecule has 0 bridgehead atoms. The van der Waals surface area contributed by atoms with Crippen molar-refractivity contribution in [2.24, 2.45) is 5.92 Å². The second-order valence-electron chi connectivity index (χ2n) is 6.09. The minimum atomic E-state index is 0.375. The van der Waals surface area contributed by atoms with Crippen LogP contribution in [0.5, 0.6) is 0 Å². The summed E-state index contributed by atoms with van der Waals surface area (Å²) in [5.74, 6) is 2.48. The quantitative estimate of drug-likeness (QED) is 0.733. The van der Waals surface area contributed by atoms with Crippen molar-refractivity contribution in [3.8, 4) is 0 Å². The lowest BCUT2D eigenvalue weighted by Gasteiger charge is -2.27. The predicted octanol–water partition coefficient (Wildman–Crippen LogP) is 2.86. The van der Waals surface area contributed by atoms with Crippen molar-refractivity contribution in [2.45, 2.75) is 46.6 Å². The average molecular weight is 293 g/mol.